The van der Waals surface area contributed by atoms with Gasteiger partial charge in [-0.25, -0.2) is 0 Å². The van der Waals surface area contributed by atoms with Crippen molar-refractivity contribution in [3.05, 3.63) is 65.5 Å². The maximum absolute atomic E-state index is 12.3. The van der Waals surface area contributed by atoms with Crippen LogP contribution in [0.1, 0.15) is 36.7 Å². The lowest BCUT2D eigenvalue weighted by Crippen LogP contribution is -2.26. The molecule has 0 fully saturated rings. The molecule has 0 unspecified atom stereocenters. The molecule has 174 valence electrons. The lowest BCUT2D eigenvalue weighted by Gasteiger charge is -2.08. The number of carbonyl (C=O) groups is 2. The fourth-order valence-corrected chi connectivity index (χ4v) is 3.80. The van der Waals surface area contributed by atoms with Crippen LogP contribution in [-0.4, -0.2) is 39.4 Å². The van der Waals surface area contributed by atoms with Gasteiger partial charge in [-0.3, -0.25) is 9.59 Å². The molecule has 0 aliphatic rings. The van der Waals surface area contributed by atoms with Crippen LogP contribution in [0.2, 0.25) is 0 Å². The molecular weight excluding hydrogens is 438 g/mol. The second-order valence-corrected chi connectivity index (χ2v) is 8.82. The molecule has 0 atom stereocenters. The van der Waals surface area contributed by atoms with Crippen LogP contribution in [0.3, 0.4) is 0 Å². The second kappa shape index (κ2) is 11.5. The number of nitrogens with one attached hydrogen (secondary N) is 2. The summed E-state index contributed by atoms with van der Waals surface area (Å²) in [4.78, 5) is 24.5. The fourth-order valence-electron chi connectivity index (χ4n) is 3.07. The van der Waals surface area contributed by atoms with E-state index < -0.39 is 0 Å². The number of hydrogen-bond donors (Lipinski definition) is 2. The third kappa shape index (κ3) is 7.08. The third-order valence-corrected chi connectivity index (χ3v) is 6.11. The smallest absolute Gasteiger partial charge is 0.234 e. The van der Waals surface area contributed by atoms with Crippen LogP contribution in [0.25, 0.3) is 0 Å². The number of thioether (sulfide) groups is 1. The van der Waals surface area contributed by atoms with E-state index in [1.54, 1.807) is 11.7 Å². The average Bonchev–Trinajstić information content (AvgIpc) is 3.16. The molecule has 0 saturated carbocycles. The Morgan fingerprint density at radius 3 is 2.36 bits per heavy atom. The third-order valence-electron chi connectivity index (χ3n) is 5.09. The van der Waals surface area contributed by atoms with Crippen molar-refractivity contribution in [2.75, 3.05) is 18.2 Å². The van der Waals surface area contributed by atoms with Gasteiger partial charge in [0.1, 0.15) is 5.75 Å². The highest BCUT2D eigenvalue weighted by Crippen LogP contribution is 2.19. The number of nitrogens with zero attached hydrogens (tertiary/aromatic N) is 3. The summed E-state index contributed by atoms with van der Waals surface area (Å²) >= 11 is 1.30. The predicted molar refractivity (Wildman–Crippen MR) is 129 cm³/mol. The highest BCUT2D eigenvalue weighted by molar-refractivity contribution is 7.99. The lowest BCUT2D eigenvalue weighted by molar-refractivity contribution is -0.120. The number of anilines is 1. The molecule has 3 aromatic rings. The van der Waals surface area contributed by atoms with E-state index in [1.165, 1.54) is 17.3 Å². The Hall–Kier alpha value is -3.33. The largest absolute Gasteiger partial charge is 0.497 e. The van der Waals surface area contributed by atoms with Crippen molar-refractivity contribution < 1.29 is 14.3 Å². The molecular formula is C24H29N5O3S. The van der Waals surface area contributed by atoms with Crippen molar-refractivity contribution in [3.63, 3.8) is 0 Å². The van der Waals surface area contributed by atoms with Crippen LogP contribution in [0.4, 0.5) is 5.69 Å². The summed E-state index contributed by atoms with van der Waals surface area (Å²) in [6.07, 6.45) is 0.266. The average molecular weight is 468 g/mol. The molecule has 2 amide bonds. The minimum absolute atomic E-state index is 0.111. The molecule has 2 aromatic carbocycles. The quantitative estimate of drug-likeness (QED) is 0.443. The zero-order valence-corrected chi connectivity index (χ0v) is 20.1. The fraction of sp³-hybridized carbons (Fsp3) is 0.333. The first kappa shape index (κ1) is 24.3. The minimum atomic E-state index is -0.116. The Balaban J connectivity index is 1.45. The van der Waals surface area contributed by atoms with Crippen LogP contribution < -0.4 is 15.4 Å². The van der Waals surface area contributed by atoms with Crippen LogP contribution >= 0.6 is 11.8 Å². The maximum atomic E-state index is 12.3. The normalized spacial score (nSPS) is 10.8. The van der Waals surface area contributed by atoms with Gasteiger partial charge in [-0.15, -0.1) is 10.2 Å². The van der Waals surface area contributed by atoms with Gasteiger partial charge < -0.3 is 19.9 Å². The van der Waals surface area contributed by atoms with E-state index in [2.05, 4.69) is 34.7 Å². The number of carbonyl (C=O) groups excluding carboxylic acids is 2. The summed E-state index contributed by atoms with van der Waals surface area (Å²) in [5, 5.41) is 14.6. The molecule has 0 saturated heterocycles. The van der Waals surface area contributed by atoms with Gasteiger partial charge in [0.05, 0.1) is 25.8 Å². The van der Waals surface area contributed by atoms with Gasteiger partial charge in [0.2, 0.25) is 11.8 Å². The topological polar surface area (TPSA) is 98.1 Å². The van der Waals surface area contributed by atoms with E-state index in [1.807, 2.05) is 55.6 Å². The Bertz CT molecular complexity index is 1080. The van der Waals surface area contributed by atoms with Gasteiger partial charge in [0.15, 0.2) is 11.0 Å². The SMILES string of the molecule is COc1ccc(CC(=O)NCc2nnc(SCC(=O)Nc3ccc(C(C)C)cc3)n2C)cc1. The van der Waals surface area contributed by atoms with Crippen LogP contribution in [0.5, 0.6) is 5.75 Å². The van der Waals surface area contributed by atoms with Crippen LogP contribution in [0, 0.1) is 0 Å². The Labute approximate surface area is 198 Å². The highest BCUT2D eigenvalue weighted by atomic mass is 32.2. The van der Waals surface area contributed by atoms with Gasteiger partial charge in [-0.1, -0.05) is 49.9 Å². The zero-order valence-electron chi connectivity index (χ0n) is 19.3. The number of hydrogen-bond acceptors (Lipinski definition) is 6. The van der Waals surface area contributed by atoms with E-state index in [9.17, 15) is 9.59 Å². The standard InChI is InChI=1S/C24H29N5O3S/c1-16(2)18-7-9-19(10-8-18)26-23(31)15-33-24-28-27-21(29(24)3)14-25-22(30)13-17-5-11-20(32-4)12-6-17/h5-12,16H,13-15H2,1-4H3,(H,25,30)(H,26,31). The molecule has 0 radical (unpaired) electrons. The van der Waals surface area contributed by atoms with Crippen LogP contribution in [-0.2, 0) is 29.6 Å². The highest BCUT2D eigenvalue weighted by Gasteiger charge is 2.13. The number of rotatable bonds is 10. The predicted octanol–water partition coefficient (Wildman–Crippen LogP) is 3.54. The number of aromatic nitrogens is 3. The Kier molecular flexibility index (Phi) is 8.48. The van der Waals surface area contributed by atoms with Crippen molar-refractivity contribution in [3.8, 4) is 5.75 Å². The van der Waals surface area contributed by atoms with E-state index in [-0.39, 0.29) is 30.5 Å². The monoisotopic (exact) mass is 467 g/mol. The molecule has 3 rings (SSSR count). The number of benzene rings is 2. The van der Waals surface area contributed by atoms with Gasteiger partial charge in [0, 0.05) is 12.7 Å². The summed E-state index contributed by atoms with van der Waals surface area (Å²) < 4.78 is 6.91. The van der Waals surface area contributed by atoms with Gasteiger partial charge in [0.25, 0.3) is 0 Å². The first-order valence-corrected chi connectivity index (χ1v) is 11.6. The van der Waals surface area contributed by atoms with Crippen molar-refractivity contribution in [2.45, 2.75) is 37.9 Å². The minimum Gasteiger partial charge on any atom is -0.497 e. The van der Waals surface area contributed by atoms with Gasteiger partial charge >= 0.3 is 0 Å². The first-order chi connectivity index (χ1) is 15.9. The molecule has 0 aliphatic heterocycles. The number of ether oxygens (including phenoxy) is 1. The van der Waals surface area contributed by atoms with Gasteiger partial charge in [-0.2, -0.15) is 0 Å². The lowest BCUT2D eigenvalue weighted by atomic mass is 10.0. The zero-order chi connectivity index (χ0) is 23.8. The molecule has 1 aromatic heterocycles. The maximum Gasteiger partial charge on any atom is 0.234 e. The summed E-state index contributed by atoms with van der Waals surface area (Å²) in [6, 6.07) is 15.2. The first-order valence-electron chi connectivity index (χ1n) is 10.7. The number of methoxy groups -OCH3 is 1. The molecule has 9 heteroatoms. The molecule has 0 spiro atoms. The summed E-state index contributed by atoms with van der Waals surface area (Å²) in [6.45, 7) is 4.52. The van der Waals surface area contributed by atoms with E-state index >= 15 is 0 Å². The molecule has 2 N–H and O–H groups in total. The Morgan fingerprint density at radius 1 is 1.03 bits per heavy atom. The van der Waals surface area contributed by atoms with Crippen molar-refractivity contribution in [2.24, 2.45) is 7.05 Å². The van der Waals surface area contributed by atoms with E-state index in [4.69, 9.17) is 4.74 Å². The van der Waals surface area contributed by atoms with Crippen LogP contribution in [0.15, 0.2) is 53.7 Å². The van der Waals surface area contributed by atoms with E-state index in [0.29, 0.717) is 16.9 Å². The van der Waals surface area contributed by atoms with Crippen molar-refractivity contribution >= 4 is 29.3 Å². The van der Waals surface area contributed by atoms with Crippen molar-refractivity contribution in [1.82, 2.24) is 20.1 Å². The summed E-state index contributed by atoms with van der Waals surface area (Å²) in [7, 11) is 3.42. The summed E-state index contributed by atoms with van der Waals surface area (Å²) in [5.74, 6) is 1.80. The van der Waals surface area contributed by atoms with Gasteiger partial charge in [-0.05, 0) is 41.3 Å². The number of amides is 2. The molecule has 33 heavy (non-hydrogen) atoms. The summed E-state index contributed by atoms with van der Waals surface area (Å²) in [5.41, 5.74) is 2.89. The van der Waals surface area contributed by atoms with E-state index in [0.717, 1.165) is 17.0 Å². The van der Waals surface area contributed by atoms with Crippen molar-refractivity contribution in [1.29, 1.82) is 0 Å². The molecule has 0 bridgehead atoms. The Morgan fingerprint density at radius 2 is 1.73 bits per heavy atom. The molecule has 1 heterocycles. The molecule has 0 aliphatic carbocycles. The molecule has 8 nitrogen and oxygen atoms in total. The second-order valence-electron chi connectivity index (χ2n) is 7.87.